The van der Waals surface area contributed by atoms with Crippen LogP contribution in [-0.2, 0) is 0 Å². The van der Waals surface area contributed by atoms with E-state index < -0.39 is 5.92 Å². The summed E-state index contributed by atoms with van der Waals surface area (Å²) in [5.74, 6) is -2.60. The molecule has 13 heavy (non-hydrogen) atoms. The molecule has 1 rings (SSSR count). The van der Waals surface area contributed by atoms with Crippen molar-refractivity contribution in [3.8, 4) is 0 Å². The Bertz CT molecular complexity index is 180. The molecule has 0 aromatic carbocycles. The molecular formula is C9H18F2N2. The lowest BCUT2D eigenvalue weighted by atomic mass is 9.88. The molecule has 1 aliphatic heterocycles. The van der Waals surface area contributed by atoms with Crippen molar-refractivity contribution in [2.24, 2.45) is 0 Å². The predicted octanol–water partition coefficient (Wildman–Crippen LogP) is 1.33. The van der Waals surface area contributed by atoms with Crippen LogP contribution in [-0.4, -0.2) is 43.0 Å². The second kappa shape index (κ2) is 3.50. The number of alkyl halides is 2. The Balaban J connectivity index is 2.40. The standard InChI is InChI=1S/C9H18F2N2/c1-8(2)4-5-13(8)7-9(10,11)6-12-3/h12H,4-7H2,1-3H3. The molecule has 0 bridgehead atoms. The van der Waals surface area contributed by atoms with Gasteiger partial charge in [0.1, 0.15) is 0 Å². The minimum Gasteiger partial charge on any atom is -0.314 e. The molecule has 0 aromatic rings. The highest BCUT2D eigenvalue weighted by Gasteiger charge is 2.42. The van der Waals surface area contributed by atoms with Gasteiger partial charge in [-0.1, -0.05) is 0 Å². The minimum absolute atomic E-state index is 0.0306. The topological polar surface area (TPSA) is 15.3 Å². The van der Waals surface area contributed by atoms with Crippen LogP contribution in [0.25, 0.3) is 0 Å². The molecule has 0 amide bonds. The van der Waals surface area contributed by atoms with E-state index in [4.69, 9.17) is 0 Å². The zero-order chi connectivity index (χ0) is 10.1. The average molecular weight is 192 g/mol. The first kappa shape index (κ1) is 10.9. The van der Waals surface area contributed by atoms with Crippen molar-refractivity contribution in [1.29, 1.82) is 0 Å². The summed E-state index contributed by atoms with van der Waals surface area (Å²) in [5, 5.41) is 2.51. The van der Waals surface area contributed by atoms with Crippen LogP contribution in [0, 0.1) is 0 Å². The monoisotopic (exact) mass is 192 g/mol. The fourth-order valence-electron chi connectivity index (χ4n) is 1.60. The summed E-state index contributed by atoms with van der Waals surface area (Å²) in [6, 6.07) is 0. The van der Waals surface area contributed by atoms with Gasteiger partial charge in [0.15, 0.2) is 0 Å². The Morgan fingerprint density at radius 3 is 2.38 bits per heavy atom. The number of likely N-dealkylation sites (tertiary alicyclic amines) is 1. The molecule has 0 aliphatic carbocycles. The van der Waals surface area contributed by atoms with E-state index in [0.29, 0.717) is 0 Å². The lowest BCUT2D eigenvalue weighted by molar-refractivity contribution is -0.0886. The van der Waals surface area contributed by atoms with Crippen LogP contribution in [0.3, 0.4) is 0 Å². The van der Waals surface area contributed by atoms with Crippen molar-refractivity contribution < 1.29 is 8.78 Å². The number of nitrogens with zero attached hydrogens (tertiary/aromatic N) is 1. The third kappa shape index (κ3) is 2.61. The van der Waals surface area contributed by atoms with Gasteiger partial charge in [-0.3, -0.25) is 4.90 Å². The molecule has 1 saturated heterocycles. The van der Waals surface area contributed by atoms with E-state index in [1.165, 1.54) is 0 Å². The Labute approximate surface area is 78.3 Å². The molecule has 2 nitrogen and oxygen atoms in total. The average Bonchev–Trinajstić information content (AvgIpc) is 1.99. The fraction of sp³-hybridized carbons (Fsp3) is 1.00. The van der Waals surface area contributed by atoms with E-state index >= 15 is 0 Å². The quantitative estimate of drug-likeness (QED) is 0.722. The number of halogens is 2. The number of hydrogen-bond acceptors (Lipinski definition) is 2. The summed E-state index contributed by atoms with van der Waals surface area (Å²) < 4.78 is 26.3. The van der Waals surface area contributed by atoms with Gasteiger partial charge in [-0.25, -0.2) is 8.78 Å². The molecule has 0 aromatic heterocycles. The van der Waals surface area contributed by atoms with E-state index in [2.05, 4.69) is 5.32 Å². The maximum Gasteiger partial charge on any atom is 0.272 e. The fourth-order valence-corrected chi connectivity index (χ4v) is 1.60. The second-order valence-corrected chi connectivity index (χ2v) is 4.37. The van der Waals surface area contributed by atoms with Gasteiger partial charge >= 0.3 is 0 Å². The van der Waals surface area contributed by atoms with Gasteiger partial charge in [-0.2, -0.15) is 0 Å². The maximum atomic E-state index is 13.1. The van der Waals surface area contributed by atoms with E-state index in [0.717, 1.165) is 13.0 Å². The van der Waals surface area contributed by atoms with E-state index in [-0.39, 0.29) is 18.6 Å². The van der Waals surface area contributed by atoms with Gasteiger partial charge in [-0.05, 0) is 27.3 Å². The first-order valence-electron chi connectivity index (χ1n) is 4.65. The van der Waals surface area contributed by atoms with Gasteiger partial charge in [0.05, 0.1) is 13.1 Å². The first-order valence-corrected chi connectivity index (χ1v) is 4.65. The molecule has 78 valence electrons. The summed E-state index contributed by atoms with van der Waals surface area (Å²) in [7, 11) is 1.55. The van der Waals surface area contributed by atoms with Gasteiger partial charge in [-0.15, -0.1) is 0 Å². The van der Waals surface area contributed by atoms with Crippen LogP contribution in [0.15, 0.2) is 0 Å². The van der Waals surface area contributed by atoms with Crippen LogP contribution in [0.2, 0.25) is 0 Å². The van der Waals surface area contributed by atoms with Crippen molar-refractivity contribution in [3.63, 3.8) is 0 Å². The molecule has 0 saturated carbocycles. The molecule has 1 aliphatic rings. The third-order valence-corrected chi connectivity index (χ3v) is 2.71. The summed E-state index contributed by atoms with van der Waals surface area (Å²) in [6.07, 6.45) is 1.02. The largest absolute Gasteiger partial charge is 0.314 e. The Hall–Kier alpha value is -0.220. The van der Waals surface area contributed by atoms with E-state index in [1.807, 2.05) is 18.7 Å². The molecule has 0 unspecified atom stereocenters. The van der Waals surface area contributed by atoms with Crippen molar-refractivity contribution in [3.05, 3.63) is 0 Å². The Morgan fingerprint density at radius 1 is 1.46 bits per heavy atom. The lowest BCUT2D eigenvalue weighted by Gasteiger charge is -2.49. The van der Waals surface area contributed by atoms with Gasteiger partial charge in [0, 0.05) is 12.1 Å². The smallest absolute Gasteiger partial charge is 0.272 e. The van der Waals surface area contributed by atoms with Crippen LogP contribution in [0.1, 0.15) is 20.3 Å². The summed E-state index contributed by atoms with van der Waals surface area (Å²) in [5.41, 5.74) is -0.0306. The lowest BCUT2D eigenvalue weighted by Crippen LogP contribution is -2.60. The summed E-state index contributed by atoms with van der Waals surface area (Å²) in [6.45, 7) is 4.45. The number of rotatable bonds is 4. The Morgan fingerprint density at radius 2 is 2.08 bits per heavy atom. The Kier molecular flexibility index (Phi) is 2.92. The third-order valence-electron chi connectivity index (χ3n) is 2.71. The molecule has 0 radical (unpaired) electrons. The minimum atomic E-state index is -2.60. The van der Waals surface area contributed by atoms with Crippen LogP contribution < -0.4 is 5.32 Å². The molecule has 0 atom stereocenters. The van der Waals surface area contributed by atoms with Gasteiger partial charge in [0.25, 0.3) is 5.92 Å². The number of nitrogens with one attached hydrogen (secondary N) is 1. The maximum absolute atomic E-state index is 13.1. The molecule has 1 N–H and O–H groups in total. The first-order chi connectivity index (χ1) is 5.87. The highest BCUT2D eigenvalue weighted by molar-refractivity contribution is 4.94. The number of hydrogen-bond donors (Lipinski definition) is 1. The summed E-state index contributed by atoms with van der Waals surface area (Å²) >= 11 is 0. The SMILES string of the molecule is CNCC(F)(F)CN1CCC1(C)C. The van der Waals surface area contributed by atoms with Crippen molar-refractivity contribution in [2.45, 2.75) is 31.7 Å². The molecular weight excluding hydrogens is 174 g/mol. The molecule has 0 spiro atoms. The van der Waals surface area contributed by atoms with Crippen LogP contribution >= 0.6 is 0 Å². The van der Waals surface area contributed by atoms with E-state index in [1.54, 1.807) is 7.05 Å². The summed E-state index contributed by atoms with van der Waals surface area (Å²) in [4.78, 5) is 1.84. The molecule has 4 heteroatoms. The van der Waals surface area contributed by atoms with Crippen LogP contribution in [0.5, 0.6) is 0 Å². The highest BCUT2D eigenvalue weighted by Crippen LogP contribution is 2.31. The second-order valence-electron chi connectivity index (χ2n) is 4.37. The highest BCUT2D eigenvalue weighted by atomic mass is 19.3. The van der Waals surface area contributed by atoms with Gasteiger partial charge in [0.2, 0.25) is 0 Å². The van der Waals surface area contributed by atoms with Crippen molar-refractivity contribution in [1.82, 2.24) is 10.2 Å². The van der Waals surface area contributed by atoms with Crippen LogP contribution in [0.4, 0.5) is 8.78 Å². The molecule has 1 heterocycles. The predicted molar refractivity (Wildman–Crippen MR) is 49.1 cm³/mol. The molecule has 1 fully saturated rings. The normalized spacial score (nSPS) is 22.8. The zero-order valence-electron chi connectivity index (χ0n) is 8.53. The zero-order valence-corrected chi connectivity index (χ0v) is 8.53. The van der Waals surface area contributed by atoms with Crippen molar-refractivity contribution >= 4 is 0 Å². The van der Waals surface area contributed by atoms with E-state index in [9.17, 15) is 8.78 Å². The van der Waals surface area contributed by atoms with Gasteiger partial charge < -0.3 is 5.32 Å². The van der Waals surface area contributed by atoms with Crippen molar-refractivity contribution in [2.75, 3.05) is 26.7 Å².